The predicted octanol–water partition coefficient (Wildman–Crippen LogP) is 2.70. The summed E-state index contributed by atoms with van der Waals surface area (Å²) in [7, 11) is -0.519. The molecule has 0 aromatic heterocycles. The number of hydrogen-bond acceptors (Lipinski definition) is 2. The molecule has 3 heteroatoms. The van der Waals surface area contributed by atoms with Crippen molar-refractivity contribution in [3.63, 3.8) is 0 Å². The van der Waals surface area contributed by atoms with Crippen molar-refractivity contribution < 1.29 is 4.21 Å². The molecular weight excluding hydrogens is 230 g/mol. The molecule has 2 nitrogen and oxygen atoms in total. The van der Waals surface area contributed by atoms with Gasteiger partial charge in [0.1, 0.15) is 0 Å². The van der Waals surface area contributed by atoms with Crippen LogP contribution in [0.25, 0.3) is 0 Å². The van der Waals surface area contributed by atoms with Crippen LogP contribution in [0, 0.1) is 11.8 Å². The van der Waals surface area contributed by atoms with Crippen molar-refractivity contribution in [2.75, 3.05) is 11.5 Å². The zero-order chi connectivity index (χ0) is 12.3. The van der Waals surface area contributed by atoms with E-state index in [0.29, 0.717) is 6.04 Å². The molecule has 1 heterocycles. The Labute approximate surface area is 108 Å². The standard InChI is InChI=1S/C14H27NOS/c1-11(2)12-3-5-13(6-4-12)15-14-7-9-17(16)10-8-14/h11-15H,3-10H2,1-2H3. The topological polar surface area (TPSA) is 29.1 Å². The monoisotopic (exact) mass is 257 g/mol. The maximum atomic E-state index is 11.3. The second kappa shape index (κ2) is 6.33. The van der Waals surface area contributed by atoms with Crippen molar-refractivity contribution in [3.05, 3.63) is 0 Å². The highest BCUT2D eigenvalue weighted by Crippen LogP contribution is 2.30. The third kappa shape index (κ3) is 4.06. The molecule has 0 radical (unpaired) electrons. The summed E-state index contributed by atoms with van der Waals surface area (Å²) >= 11 is 0. The average Bonchev–Trinajstić information content (AvgIpc) is 2.33. The minimum atomic E-state index is -0.519. The van der Waals surface area contributed by atoms with Crippen LogP contribution in [0.15, 0.2) is 0 Å². The van der Waals surface area contributed by atoms with Crippen molar-refractivity contribution >= 4 is 10.8 Å². The quantitative estimate of drug-likeness (QED) is 0.842. The molecule has 2 rings (SSSR count). The fourth-order valence-corrected chi connectivity index (χ4v) is 4.55. The van der Waals surface area contributed by atoms with Gasteiger partial charge in [-0.15, -0.1) is 0 Å². The van der Waals surface area contributed by atoms with Gasteiger partial charge >= 0.3 is 0 Å². The Morgan fingerprint density at radius 2 is 1.47 bits per heavy atom. The highest BCUT2D eigenvalue weighted by molar-refractivity contribution is 7.85. The van der Waals surface area contributed by atoms with Crippen molar-refractivity contribution in [2.24, 2.45) is 11.8 Å². The van der Waals surface area contributed by atoms with Gasteiger partial charge in [0, 0.05) is 34.4 Å². The van der Waals surface area contributed by atoms with E-state index in [1.807, 2.05) is 0 Å². The smallest absolute Gasteiger partial charge is 0.0249 e. The van der Waals surface area contributed by atoms with Crippen LogP contribution in [0.5, 0.6) is 0 Å². The van der Waals surface area contributed by atoms with Gasteiger partial charge in [-0.05, 0) is 50.4 Å². The Morgan fingerprint density at radius 3 is 2.00 bits per heavy atom. The van der Waals surface area contributed by atoms with Crippen molar-refractivity contribution in [1.29, 1.82) is 0 Å². The van der Waals surface area contributed by atoms with Gasteiger partial charge in [0.05, 0.1) is 0 Å². The summed E-state index contributed by atoms with van der Waals surface area (Å²) in [5.74, 6) is 3.64. The van der Waals surface area contributed by atoms with Crippen molar-refractivity contribution in [2.45, 2.75) is 64.5 Å². The van der Waals surface area contributed by atoms with Gasteiger partial charge in [-0.25, -0.2) is 0 Å². The van der Waals surface area contributed by atoms with E-state index >= 15 is 0 Å². The van der Waals surface area contributed by atoms with E-state index in [1.165, 1.54) is 25.7 Å². The first-order valence-electron chi connectivity index (χ1n) is 7.26. The van der Waals surface area contributed by atoms with Gasteiger partial charge in [-0.2, -0.15) is 0 Å². The molecule has 1 aliphatic heterocycles. The van der Waals surface area contributed by atoms with E-state index in [0.717, 1.165) is 42.2 Å². The Bertz CT molecular complexity index is 249. The average molecular weight is 257 g/mol. The molecule has 1 aliphatic carbocycles. The summed E-state index contributed by atoms with van der Waals surface area (Å²) in [5.41, 5.74) is 0. The summed E-state index contributed by atoms with van der Waals surface area (Å²) < 4.78 is 11.3. The zero-order valence-corrected chi connectivity index (χ0v) is 12.1. The first-order valence-corrected chi connectivity index (χ1v) is 8.75. The molecule has 0 amide bonds. The van der Waals surface area contributed by atoms with Crippen LogP contribution < -0.4 is 5.32 Å². The number of rotatable bonds is 3. The normalized spacial score (nSPS) is 39.5. The van der Waals surface area contributed by atoms with Gasteiger partial charge in [0.2, 0.25) is 0 Å². The van der Waals surface area contributed by atoms with Gasteiger partial charge in [0.15, 0.2) is 0 Å². The van der Waals surface area contributed by atoms with Gasteiger partial charge < -0.3 is 5.32 Å². The molecule has 0 atom stereocenters. The van der Waals surface area contributed by atoms with Crippen LogP contribution >= 0.6 is 0 Å². The summed E-state index contributed by atoms with van der Waals surface area (Å²) in [4.78, 5) is 0. The molecule has 2 fully saturated rings. The molecule has 1 saturated carbocycles. The van der Waals surface area contributed by atoms with Crippen LogP contribution in [-0.4, -0.2) is 27.8 Å². The molecule has 100 valence electrons. The van der Waals surface area contributed by atoms with Crippen LogP contribution in [0.2, 0.25) is 0 Å². The summed E-state index contributed by atoms with van der Waals surface area (Å²) in [6.45, 7) is 4.71. The summed E-state index contributed by atoms with van der Waals surface area (Å²) in [6, 6.07) is 1.38. The minimum Gasteiger partial charge on any atom is -0.311 e. The lowest BCUT2D eigenvalue weighted by molar-refractivity contribution is 0.225. The van der Waals surface area contributed by atoms with Gasteiger partial charge in [-0.3, -0.25) is 4.21 Å². The van der Waals surface area contributed by atoms with Gasteiger partial charge in [-0.1, -0.05) is 13.8 Å². The molecule has 0 spiro atoms. The third-order valence-corrected chi connectivity index (χ3v) is 5.96. The predicted molar refractivity (Wildman–Crippen MR) is 74.6 cm³/mol. The van der Waals surface area contributed by atoms with E-state index in [4.69, 9.17) is 0 Å². The molecule has 0 aromatic carbocycles. The maximum Gasteiger partial charge on any atom is 0.0249 e. The first-order chi connectivity index (χ1) is 8.15. The van der Waals surface area contributed by atoms with Crippen molar-refractivity contribution in [3.8, 4) is 0 Å². The molecular formula is C14H27NOS. The molecule has 0 unspecified atom stereocenters. The second-order valence-corrected chi connectivity index (χ2v) is 7.84. The lowest BCUT2D eigenvalue weighted by atomic mass is 9.79. The fourth-order valence-electron chi connectivity index (χ4n) is 3.25. The Morgan fingerprint density at radius 1 is 0.941 bits per heavy atom. The van der Waals surface area contributed by atoms with E-state index in [2.05, 4.69) is 19.2 Å². The highest BCUT2D eigenvalue weighted by Gasteiger charge is 2.26. The van der Waals surface area contributed by atoms with E-state index in [9.17, 15) is 4.21 Å². The first kappa shape index (κ1) is 13.5. The van der Waals surface area contributed by atoms with Crippen LogP contribution in [0.4, 0.5) is 0 Å². The van der Waals surface area contributed by atoms with Crippen molar-refractivity contribution in [1.82, 2.24) is 5.32 Å². The Hall–Kier alpha value is 0.110. The minimum absolute atomic E-state index is 0.519. The van der Waals surface area contributed by atoms with E-state index in [-0.39, 0.29) is 0 Å². The molecule has 2 aliphatic rings. The SMILES string of the molecule is CC(C)C1CCC(NC2CCS(=O)CC2)CC1. The van der Waals surface area contributed by atoms with E-state index in [1.54, 1.807) is 0 Å². The Balaban J connectivity index is 1.69. The number of nitrogens with one attached hydrogen (secondary N) is 1. The van der Waals surface area contributed by atoms with Gasteiger partial charge in [0.25, 0.3) is 0 Å². The largest absolute Gasteiger partial charge is 0.311 e. The third-order valence-electron chi connectivity index (χ3n) is 4.57. The molecule has 1 saturated heterocycles. The fraction of sp³-hybridized carbons (Fsp3) is 1.00. The van der Waals surface area contributed by atoms with E-state index < -0.39 is 10.8 Å². The van der Waals surface area contributed by atoms with Crippen LogP contribution in [-0.2, 0) is 10.8 Å². The second-order valence-electron chi connectivity index (χ2n) is 6.14. The summed E-state index contributed by atoms with van der Waals surface area (Å²) in [5, 5.41) is 3.80. The molecule has 1 N–H and O–H groups in total. The molecule has 0 aromatic rings. The van der Waals surface area contributed by atoms with Crippen LogP contribution in [0.3, 0.4) is 0 Å². The lowest BCUT2D eigenvalue weighted by Gasteiger charge is -2.34. The summed E-state index contributed by atoms with van der Waals surface area (Å²) in [6.07, 6.45) is 7.74. The van der Waals surface area contributed by atoms with Crippen LogP contribution in [0.1, 0.15) is 52.4 Å². The zero-order valence-electron chi connectivity index (χ0n) is 11.3. The maximum absolute atomic E-state index is 11.3. The highest BCUT2D eigenvalue weighted by atomic mass is 32.2. The molecule has 17 heavy (non-hydrogen) atoms. The lowest BCUT2D eigenvalue weighted by Crippen LogP contribution is -2.43. The number of hydrogen-bond donors (Lipinski definition) is 1. The molecule has 0 bridgehead atoms. The Kier molecular flexibility index (Phi) is 5.04.